The van der Waals surface area contributed by atoms with Crippen molar-refractivity contribution >= 4 is 23.0 Å². The molecule has 0 spiro atoms. The number of alkyl halides is 3. The van der Waals surface area contributed by atoms with Crippen molar-refractivity contribution in [1.29, 1.82) is 0 Å². The van der Waals surface area contributed by atoms with Gasteiger partial charge in [0.15, 0.2) is 5.82 Å². The van der Waals surface area contributed by atoms with Crippen LogP contribution in [0.15, 0.2) is 12.3 Å². The average Bonchev–Trinajstić information content (AvgIpc) is 2.15. The Morgan fingerprint density at radius 1 is 1.56 bits per heavy atom. The lowest BCUT2D eigenvalue weighted by atomic mass is 10.2. The number of aromatic nitrogens is 2. The summed E-state index contributed by atoms with van der Waals surface area (Å²) in [7, 11) is 1.25. The first-order valence-corrected chi connectivity index (χ1v) is 4.61. The van der Waals surface area contributed by atoms with Crippen LogP contribution in [0.2, 0.25) is 0 Å². The Labute approximate surface area is 95.3 Å². The molecule has 0 amide bonds. The fourth-order valence-electron chi connectivity index (χ4n) is 1.14. The molecule has 0 aromatic carbocycles. The van der Waals surface area contributed by atoms with Crippen LogP contribution in [0.1, 0.15) is 5.56 Å². The first-order valence-electron chi connectivity index (χ1n) is 4.20. The molecule has 0 aliphatic heterocycles. The van der Waals surface area contributed by atoms with E-state index in [1.54, 1.807) is 0 Å². The lowest BCUT2D eigenvalue weighted by molar-refractivity contribution is -0.119. The minimum Gasteiger partial charge on any atom is -0.389 e. The van der Waals surface area contributed by atoms with E-state index in [1.165, 1.54) is 19.3 Å². The molecule has 0 bridgehead atoms. The summed E-state index contributed by atoms with van der Waals surface area (Å²) < 4.78 is 36.5. The van der Waals surface area contributed by atoms with E-state index in [0.717, 1.165) is 4.90 Å². The molecular formula is C8H9F3N4S. The van der Waals surface area contributed by atoms with Gasteiger partial charge in [-0.2, -0.15) is 18.3 Å². The summed E-state index contributed by atoms with van der Waals surface area (Å²) in [5.74, 6) is 0.0207. The second-order valence-electron chi connectivity index (χ2n) is 3.10. The minimum atomic E-state index is -4.32. The number of nitrogens with two attached hydrogens (primary N) is 1. The molecule has 1 aromatic rings. The van der Waals surface area contributed by atoms with Crippen LogP contribution >= 0.6 is 12.2 Å². The van der Waals surface area contributed by atoms with Crippen molar-refractivity contribution in [3.05, 3.63) is 17.8 Å². The predicted octanol–water partition coefficient (Wildman–Crippen LogP) is 1.11. The SMILES string of the molecule is CN(CC(F)(F)F)c1nnccc1C(N)=S. The quantitative estimate of drug-likeness (QED) is 0.814. The Kier molecular flexibility index (Phi) is 3.63. The van der Waals surface area contributed by atoms with Crippen molar-refractivity contribution in [1.82, 2.24) is 10.2 Å². The minimum absolute atomic E-state index is 0.0149. The lowest BCUT2D eigenvalue weighted by Crippen LogP contribution is -2.33. The number of anilines is 1. The van der Waals surface area contributed by atoms with E-state index in [2.05, 4.69) is 10.2 Å². The summed E-state index contributed by atoms with van der Waals surface area (Å²) in [5, 5.41) is 7.10. The number of hydrogen-bond donors (Lipinski definition) is 1. The first kappa shape index (κ1) is 12.6. The first-order chi connectivity index (χ1) is 7.31. The fraction of sp³-hybridized carbons (Fsp3) is 0.375. The lowest BCUT2D eigenvalue weighted by Gasteiger charge is -2.21. The van der Waals surface area contributed by atoms with E-state index in [4.69, 9.17) is 18.0 Å². The van der Waals surface area contributed by atoms with Crippen LogP contribution in [0.5, 0.6) is 0 Å². The fourth-order valence-corrected chi connectivity index (χ4v) is 1.30. The molecular weight excluding hydrogens is 241 g/mol. The number of halogens is 3. The van der Waals surface area contributed by atoms with Gasteiger partial charge in [-0.05, 0) is 6.07 Å². The van der Waals surface area contributed by atoms with E-state index in [9.17, 15) is 13.2 Å². The zero-order chi connectivity index (χ0) is 12.3. The summed E-state index contributed by atoms with van der Waals surface area (Å²) in [5.41, 5.74) is 5.65. The van der Waals surface area contributed by atoms with E-state index in [0.29, 0.717) is 0 Å². The van der Waals surface area contributed by atoms with Gasteiger partial charge in [0.05, 0.1) is 11.8 Å². The van der Waals surface area contributed by atoms with E-state index >= 15 is 0 Å². The zero-order valence-corrected chi connectivity index (χ0v) is 9.14. The summed E-state index contributed by atoms with van der Waals surface area (Å²) in [4.78, 5) is 0.889. The van der Waals surface area contributed by atoms with Gasteiger partial charge in [-0.3, -0.25) is 0 Å². The normalized spacial score (nSPS) is 11.2. The van der Waals surface area contributed by atoms with Gasteiger partial charge in [0.2, 0.25) is 0 Å². The molecule has 0 aliphatic carbocycles. The largest absolute Gasteiger partial charge is 0.405 e. The van der Waals surface area contributed by atoms with Crippen molar-refractivity contribution in [3.63, 3.8) is 0 Å². The van der Waals surface area contributed by atoms with Gasteiger partial charge in [0.1, 0.15) is 11.5 Å². The van der Waals surface area contributed by atoms with Gasteiger partial charge in [-0.15, -0.1) is 5.10 Å². The molecule has 16 heavy (non-hydrogen) atoms. The Morgan fingerprint density at radius 2 is 2.19 bits per heavy atom. The molecule has 1 rings (SSSR count). The Bertz CT molecular complexity index is 393. The molecule has 0 saturated carbocycles. The highest BCUT2D eigenvalue weighted by molar-refractivity contribution is 7.80. The zero-order valence-electron chi connectivity index (χ0n) is 8.32. The molecule has 0 aliphatic rings. The van der Waals surface area contributed by atoms with E-state index in [1.807, 2.05) is 0 Å². The van der Waals surface area contributed by atoms with Crippen molar-refractivity contribution in [2.24, 2.45) is 5.73 Å². The van der Waals surface area contributed by atoms with Crippen LogP contribution in [-0.4, -0.2) is 35.0 Å². The van der Waals surface area contributed by atoms with Gasteiger partial charge in [-0.1, -0.05) is 12.2 Å². The highest BCUT2D eigenvalue weighted by Gasteiger charge is 2.30. The van der Waals surface area contributed by atoms with Crippen molar-refractivity contribution < 1.29 is 13.2 Å². The summed E-state index contributed by atoms with van der Waals surface area (Å²) in [6, 6.07) is 1.43. The molecule has 8 heteroatoms. The molecule has 2 N–H and O–H groups in total. The molecule has 4 nitrogen and oxygen atoms in total. The Hall–Kier alpha value is -1.44. The second-order valence-corrected chi connectivity index (χ2v) is 3.54. The molecule has 0 fully saturated rings. The van der Waals surface area contributed by atoms with Gasteiger partial charge in [0, 0.05) is 7.05 Å². The van der Waals surface area contributed by atoms with Crippen LogP contribution < -0.4 is 10.6 Å². The molecule has 0 radical (unpaired) electrons. The molecule has 1 heterocycles. The standard InChI is InChI=1S/C8H9F3N4S/c1-15(4-8(9,10)11)7-5(6(12)16)2-3-13-14-7/h2-3H,4H2,1H3,(H2,12,16). The summed E-state index contributed by atoms with van der Waals surface area (Å²) in [6.45, 7) is -1.14. The van der Waals surface area contributed by atoms with Crippen LogP contribution in [0.3, 0.4) is 0 Å². The monoisotopic (exact) mass is 250 g/mol. The van der Waals surface area contributed by atoms with Crippen LogP contribution in [-0.2, 0) is 0 Å². The third-order valence-corrected chi connectivity index (χ3v) is 1.96. The maximum atomic E-state index is 12.2. The van der Waals surface area contributed by atoms with E-state index < -0.39 is 12.7 Å². The topological polar surface area (TPSA) is 55.0 Å². The second kappa shape index (κ2) is 4.60. The number of nitrogens with zero attached hydrogens (tertiary/aromatic N) is 3. The third-order valence-electron chi connectivity index (χ3n) is 1.74. The van der Waals surface area contributed by atoms with Crippen LogP contribution in [0.4, 0.5) is 19.0 Å². The van der Waals surface area contributed by atoms with Gasteiger partial charge < -0.3 is 10.6 Å². The smallest absolute Gasteiger partial charge is 0.389 e. The Morgan fingerprint density at radius 3 is 2.69 bits per heavy atom. The highest BCUT2D eigenvalue weighted by Crippen LogP contribution is 2.21. The Balaban J connectivity index is 2.99. The maximum absolute atomic E-state index is 12.2. The molecule has 1 aromatic heterocycles. The van der Waals surface area contributed by atoms with Crippen LogP contribution in [0, 0.1) is 0 Å². The molecule has 0 atom stereocenters. The summed E-state index contributed by atoms with van der Waals surface area (Å²) in [6.07, 6.45) is -3.00. The molecule has 0 saturated heterocycles. The van der Waals surface area contributed by atoms with Crippen molar-refractivity contribution in [3.8, 4) is 0 Å². The third kappa shape index (κ3) is 3.30. The predicted molar refractivity (Wildman–Crippen MR) is 57.2 cm³/mol. The number of rotatable bonds is 3. The van der Waals surface area contributed by atoms with Crippen molar-refractivity contribution in [2.75, 3.05) is 18.5 Å². The van der Waals surface area contributed by atoms with Crippen molar-refractivity contribution in [2.45, 2.75) is 6.18 Å². The van der Waals surface area contributed by atoms with Gasteiger partial charge in [-0.25, -0.2) is 0 Å². The van der Waals surface area contributed by atoms with Crippen LogP contribution in [0.25, 0.3) is 0 Å². The molecule has 0 unspecified atom stereocenters. The van der Waals surface area contributed by atoms with E-state index in [-0.39, 0.29) is 16.4 Å². The van der Waals surface area contributed by atoms with Gasteiger partial charge >= 0.3 is 6.18 Å². The highest BCUT2D eigenvalue weighted by atomic mass is 32.1. The number of thiocarbonyl (C=S) groups is 1. The summed E-state index contributed by atoms with van der Waals surface area (Å²) >= 11 is 4.71. The average molecular weight is 250 g/mol. The number of hydrogen-bond acceptors (Lipinski definition) is 4. The maximum Gasteiger partial charge on any atom is 0.405 e. The van der Waals surface area contributed by atoms with Gasteiger partial charge in [0.25, 0.3) is 0 Å². The molecule has 88 valence electrons.